The summed E-state index contributed by atoms with van der Waals surface area (Å²) in [5.41, 5.74) is 0.692. The summed E-state index contributed by atoms with van der Waals surface area (Å²) < 4.78 is 20.2. The minimum absolute atomic E-state index is 0.195. The van der Waals surface area contributed by atoms with Crippen molar-refractivity contribution in [2.45, 2.75) is 64.0 Å². The van der Waals surface area contributed by atoms with E-state index in [-0.39, 0.29) is 29.9 Å². The van der Waals surface area contributed by atoms with Gasteiger partial charge in [-0.05, 0) is 44.9 Å². The van der Waals surface area contributed by atoms with Crippen LogP contribution in [0.4, 0.5) is 14.9 Å². The van der Waals surface area contributed by atoms with E-state index in [0.29, 0.717) is 43.6 Å². The Labute approximate surface area is 170 Å². The Morgan fingerprint density at radius 1 is 1.21 bits per heavy atom. The monoisotopic (exact) mass is 405 g/mol. The maximum Gasteiger partial charge on any atom is 0.407 e. The molecule has 0 saturated carbocycles. The van der Waals surface area contributed by atoms with E-state index in [1.807, 2.05) is 25.7 Å². The molecule has 1 atom stereocenters. The molecule has 29 heavy (non-hydrogen) atoms. The number of alkyl carbamates (subject to hydrolysis) is 1. The SMILES string of the molecule is CC(C)(C)NC(=O)OC1CCN(c2ccc(C3CCC(=O)NC3=O)cc2F)CC1. The first kappa shape index (κ1) is 21.1. The van der Waals surface area contributed by atoms with Gasteiger partial charge >= 0.3 is 6.09 Å². The number of hydrogen-bond acceptors (Lipinski definition) is 5. The van der Waals surface area contributed by atoms with Gasteiger partial charge in [0.1, 0.15) is 11.9 Å². The predicted octanol–water partition coefficient (Wildman–Crippen LogP) is 2.84. The largest absolute Gasteiger partial charge is 0.446 e. The fraction of sp³-hybridized carbons (Fsp3) is 0.571. The van der Waals surface area contributed by atoms with Crippen LogP contribution in [0.2, 0.25) is 0 Å². The lowest BCUT2D eigenvalue weighted by molar-refractivity contribution is -0.134. The molecular weight excluding hydrogens is 377 g/mol. The first-order valence-electron chi connectivity index (χ1n) is 9.99. The zero-order chi connectivity index (χ0) is 21.2. The van der Waals surface area contributed by atoms with Gasteiger partial charge in [0.15, 0.2) is 0 Å². The molecule has 1 aromatic carbocycles. The fourth-order valence-corrected chi connectivity index (χ4v) is 3.71. The second kappa shape index (κ2) is 8.39. The number of imide groups is 1. The molecular formula is C21H28FN3O4. The molecule has 3 rings (SSSR count). The number of halogens is 1. The molecule has 1 unspecified atom stereocenters. The maximum atomic E-state index is 14.8. The van der Waals surface area contributed by atoms with E-state index < -0.39 is 17.8 Å². The highest BCUT2D eigenvalue weighted by Gasteiger charge is 2.30. The van der Waals surface area contributed by atoms with E-state index in [4.69, 9.17) is 4.74 Å². The highest BCUT2D eigenvalue weighted by Crippen LogP contribution is 2.30. The number of carbonyl (C=O) groups is 3. The van der Waals surface area contributed by atoms with Gasteiger partial charge < -0.3 is 15.0 Å². The molecule has 1 aromatic rings. The molecule has 158 valence electrons. The summed E-state index contributed by atoms with van der Waals surface area (Å²) in [6.07, 6.45) is 1.26. The smallest absolute Gasteiger partial charge is 0.407 e. The van der Waals surface area contributed by atoms with Crippen LogP contribution in [0.15, 0.2) is 18.2 Å². The van der Waals surface area contributed by atoms with Gasteiger partial charge in [0.2, 0.25) is 11.8 Å². The van der Waals surface area contributed by atoms with Gasteiger partial charge in [-0.1, -0.05) is 6.07 Å². The number of nitrogens with zero attached hydrogens (tertiary/aromatic N) is 1. The van der Waals surface area contributed by atoms with E-state index >= 15 is 0 Å². The summed E-state index contributed by atoms with van der Waals surface area (Å²) in [5, 5.41) is 5.08. The summed E-state index contributed by atoms with van der Waals surface area (Å²) in [4.78, 5) is 37.1. The number of anilines is 1. The zero-order valence-corrected chi connectivity index (χ0v) is 17.1. The Bertz CT molecular complexity index is 798. The van der Waals surface area contributed by atoms with E-state index in [9.17, 15) is 18.8 Å². The molecule has 2 aliphatic rings. The zero-order valence-electron chi connectivity index (χ0n) is 17.1. The van der Waals surface area contributed by atoms with Crippen LogP contribution in [-0.4, -0.2) is 42.6 Å². The number of carbonyl (C=O) groups excluding carboxylic acids is 3. The normalized spacial score (nSPS) is 21.0. The van der Waals surface area contributed by atoms with Gasteiger partial charge in [0.25, 0.3) is 0 Å². The van der Waals surface area contributed by atoms with E-state index in [1.165, 1.54) is 6.07 Å². The van der Waals surface area contributed by atoms with E-state index in [0.717, 1.165) is 0 Å². The number of benzene rings is 1. The van der Waals surface area contributed by atoms with E-state index in [1.54, 1.807) is 12.1 Å². The Morgan fingerprint density at radius 2 is 1.90 bits per heavy atom. The minimum Gasteiger partial charge on any atom is -0.446 e. The van der Waals surface area contributed by atoms with Gasteiger partial charge in [-0.2, -0.15) is 0 Å². The topological polar surface area (TPSA) is 87.7 Å². The quantitative estimate of drug-likeness (QED) is 0.755. The van der Waals surface area contributed by atoms with Crippen molar-refractivity contribution >= 4 is 23.6 Å². The molecule has 2 N–H and O–H groups in total. The van der Waals surface area contributed by atoms with Crippen molar-refractivity contribution in [2.24, 2.45) is 0 Å². The first-order chi connectivity index (χ1) is 13.6. The van der Waals surface area contributed by atoms with Crippen LogP contribution in [0.25, 0.3) is 0 Å². The van der Waals surface area contributed by atoms with Gasteiger partial charge in [-0.3, -0.25) is 14.9 Å². The van der Waals surface area contributed by atoms with Crippen LogP contribution in [0.3, 0.4) is 0 Å². The second-order valence-corrected chi connectivity index (χ2v) is 8.68. The van der Waals surface area contributed by atoms with Gasteiger partial charge in [0, 0.05) is 37.9 Å². The van der Waals surface area contributed by atoms with Crippen LogP contribution in [-0.2, 0) is 14.3 Å². The van der Waals surface area contributed by atoms with Crippen LogP contribution < -0.4 is 15.5 Å². The molecule has 0 radical (unpaired) electrons. The third kappa shape index (κ3) is 5.46. The van der Waals surface area contributed by atoms with Gasteiger partial charge in [0.05, 0.1) is 11.6 Å². The number of nitrogens with one attached hydrogen (secondary N) is 2. The third-order valence-electron chi connectivity index (χ3n) is 5.15. The standard InChI is InChI=1S/C21H28FN3O4/c1-21(2,3)24-20(28)29-14-8-10-25(11-9-14)17-6-4-13(12-16(17)22)15-5-7-18(26)23-19(15)27/h4,6,12,14-15H,5,7-11H2,1-3H3,(H,24,28)(H,23,26,27). The van der Waals surface area contributed by atoms with Crippen molar-refractivity contribution < 1.29 is 23.5 Å². The van der Waals surface area contributed by atoms with Crippen molar-refractivity contribution in [2.75, 3.05) is 18.0 Å². The molecule has 2 aliphatic heterocycles. The molecule has 2 saturated heterocycles. The summed E-state index contributed by atoms with van der Waals surface area (Å²) in [7, 11) is 0. The molecule has 0 spiro atoms. The molecule has 2 fully saturated rings. The Morgan fingerprint density at radius 3 is 2.48 bits per heavy atom. The van der Waals surface area contributed by atoms with Crippen LogP contribution in [0, 0.1) is 5.82 Å². The molecule has 3 amide bonds. The predicted molar refractivity (Wildman–Crippen MR) is 106 cm³/mol. The fourth-order valence-electron chi connectivity index (χ4n) is 3.71. The molecule has 0 aromatic heterocycles. The van der Waals surface area contributed by atoms with Crippen LogP contribution >= 0.6 is 0 Å². The number of piperidine rings is 2. The molecule has 0 bridgehead atoms. The maximum absolute atomic E-state index is 14.8. The van der Waals surface area contributed by atoms with E-state index in [2.05, 4.69) is 10.6 Å². The lowest BCUT2D eigenvalue weighted by Gasteiger charge is -2.34. The lowest BCUT2D eigenvalue weighted by atomic mass is 9.90. The highest BCUT2D eigenvalue weighted by molar-refractivity contribution is 6.00. The Hall–Kier alpha value is -2.64. The average molecular weight is 405 g/mol. The number of amides is 3. The summed E-state index contributed by atoms with van der Waals surface area (Å²) >= 11 is 0. The third-order valence-corrected chi connectivity index (χ3v) is 5.15. The van der Waals surface area contributed by atoms with Crippen molar-refractivity contribution in [1.29, 1.82) is 0 Å². The van der Waals surface area contributed by atoms with Crippen LogP contribution in [0.5, 0.6) is 0 Å². The van der Waals surface area contributed by atoms with Crippen molar-refractivity contribution in [3.05, 3.63) is 29.6 Å². The Balaban J connectivity index is 1.58. The summed E-state index contributed by atoms with van der Waals surface area (Å²) in [6, 6.07) is 4.81. The minimum atomic E-state index is -0.503. The van der Waals surface area contributed by atoms with Crippen LogP contribution in [0.1, 0.15) is 57.9 Å². The van der Waals surface area contributed by atoms with Crippen molar-refractivity contribution in [3.8, 4) is 0 Å². The van der Waals surface area contributed by atoms with Crippen molar-refractivity contribution in [3.63, 3.8) is 0 Å². The van der Waals surface area contributed by atoms with Crippen molar-refractivity contribution in [1.82, 2.24) is 10.6 Å². The van der Waals surface area contributed by atoms with Gasteiger partial charge in [-0.25, -0.2) is 9.18 Å². The first-order valence-corrected chi connectivity index (χ1v) is 9.99. The molecule has 0 aliphatic carbocycles. The lowest BCUT2D eigenvalue weighted by Crippen LogP contribution is -2.44. The summed E-state index contributed by atoms with van der Waals surface area (Å²) in [6.45, 7) is 6.80. The molecule has 8 heteroatoms. The highest BCUT2D eigenvalue weighted by atomic mass is 19.1. The second-order valence-electron chi connectivity index (χ2n) is 8.68. The number of ether oxygens (including phenoxy) is 1. The average Bonchev–Trinajstić information content (AvgIpc) is 2.61. The summed E-state index contributed by atoms with van der Waals surface area (Å²) in [5.74, 6) is -1.56. The molecule has 7 nitrogen and oxygen atoms in total. The number of hydrogen-bond donors (Lipinski definition) is 2. The molecule has 2 heterocycles. The Kier molecular flexibility index (Phi) is 6.10. The van der Waals surface area contributed by atoms with Gasteiger partial charge in [-0.15, -0.1) is 0 Å². The number of rotatable bonds is 3.